The molecule has 0 bridgehead atoms. The molecular weight excluding hydrogens is 338 g/mol. The fourth-order valence-electron chi connectivity index (χ4n) is 2.17. The molecule has 0 fully saturated rings. The van der Waals surface area contributed by atoms with Crippen molar-refractivity contribution in [2.24, 2.45) is 0 Å². The molecule has 2 aromatic rings. The molecule has 2 aromatic carbocycles. The molecule has 0 aromatic heterocycles. The summed E-state index contributed by atoms with van der Waals surface area (Å²) in [6.45, 7) is 2.24. The Labute approximate surface area is 148 Å². The average molecular weight is 361 g/mol. The molecule has 6 nitrogen and oxygen atoms in total. The Morgan fingerprint density at radius 1 is 1.08 bits per heavy atom. The number of hydrogen-bond acceptors (Lipinski definition) is 4. The van der Waals surface area contributed by atoms with Crippen molar-refractivity contribution < 1.29 is 13.2 Å². The SMILES string of the molecule is CCCNS(=O)(=O)c1cccc(C(=O)Nc2ccc(N(C)C)cc2)c1. The number of nitrogens with one attached hydrogen (secondary N) is 2. The predicted molar refractivity (Wildman–Crippen MR) is 101 cm³/mol. The molecule has 0 saturated carbocycles. The van der Waals surface area contributed by atoms with Crippen molar-refractivity contribution in [3.05, 3.63) is 54.1 Å². The second-order valence-corrected chi connectivity index (χ2v) is 7.59. The molecule has 7 heteroatoms. The van der Waals surface area contributed by atoms with E-state index < -0.39 is 10.0 Å². The van der Waals surface area contributed by atoms with Gasteiger partial charge in [-0.15, -0.1) is 0 Å². The van der Waals surface area contributed by atoms with E-state index in [9.17, 15) is 13.2 Å². The number of amides is 1. The van der Waals surface area contributed by atoms with E-state index in [1.165, 1.54) is 12.1 Å². The van der Waals surface area contributed by atoms with E-state index in [-0.39, 0.29) is 16.4 Å². The molecule has 1 amide bonds. The third kappa shape index (κ3) is 5.04. The number of hydrogen-bond donors (Lipinski definition) is 2. The van der Waals surface area contributed by atoms with Crippen LogP contribution < -0.4 is 14.9 Å². The monoisotopic (exact) mass is 361 g/mol. The standard InChI is InChI=1S/C18H23N3O3S/c1-4-12-19-25(23,24)17-7-5-6-14(13-17)18(22)20-15-8-10-16(11-9-15)21(2)3/h5-11,13,19H,4,12H2,1-3H3,(H,20,22). The third-order valence-corrected chi connectivity index (χ3v) is 5.05. The quantitative estimate of drug-likeness (QED) is 0.795. The van der Waals surface area contributed by atoms with E-state index in [1.54, 1.807) is 24.3 Å². The van der Waals surface area contributed by atoms with Gasteiger partial charge in [-0.05, 0) is 48.9 Å². The molecule has 25 heavy (non-hydrogen) atoms. The van der Waals surface area contributed by atoms with Gasteiger partial charge in [-0.2, -0.15) is 0 Å². The van der Waals surface area contributed by atoms with E-state index in [2.05, 4.69) is 10.0 Å². The molecule has 134 valence electrons. The highest BCUT2D eigenvalue weighted by molar-refractivity contribution is 7.89. The highest BCUT2D eigenvalue weighted by Gasteiger charge is 2.15. The lowest BCUT2D eigenvalue weighted by Crippen LogP contribution is -2.24. The van der Waals surface area contributed by atoms with Crippen LogP contribution in [0, 0.1) is 0 Å². The zero-order valence-corrected chi connectivity index (χ0v) is 15.4. The van der Waals surface area contributed by atoms with Gasteiger partial charge >= 0.3 is 0 Å². The molecule has 0 aliphatic heterocycles. The summed E-state index contributed by atoms with van der Waals surface area (Å²) in [5.74, 6) is -0.356. The average Bonchev–Trinajstić information content (AvgIpc) is 2.60. The van der Waals surface area contributed by atoms with Gasteiger partial charge in [0.25, 0.3) is 5.91 Å². The van der Waals surface area contributed by atoms with E-state index in [4.69, 9.17) is 0 Å². The summed E-state index contributed by atoms with van der Waals surface area (Å²) < 4.78 is 26.8. The van der Waals surface area contributed by atoms with Crippen LogP contribution in [0.15, 0.2) is 53.4 Å². The fourth-order valence-corrected chi connectivity index (χ4v) is 3.35. The van der Waals surface area contributed by atoms with Crippen molar-refractivity contribution in [1.29, 1.82) is 0 Å². The van der Waals surface area contributed by atoms with Gasteiger partial charge in [-0.3, -0.25) is 4.79 Å². The van der Waals surface area contributed by atoms with Crippen LogP contribution in [0.5, 0.6) is 0 Å². The molecule has 0 aliphatic rings. The van der Waals surface area contributed by atoms with Crippen LogP contribution in [0.2, 0.25) is 0 Å². The second-order valence-electron chi connectivity index (χ2n) is 5.82. The Balaban J connectivity index is 2.16. The van der Waals surface area contributed by atoms with E-state index in [0.717, 1.165) is 5.69 Å². The third-order valence-electron chi connectivity index (χ3n) is 3.59. The summed E-state index contributed by atoms with van der Waals surface area (Å²) in [6, 6.07) is 13.4. The molecule has 0 radical (unpaired) electrons. The van der Waals surface area contributed by atoms with E-state index in [1.807, 2.05) is 38.1 Å². The Hall–Kier alpha value is -2.38. The van der Waals surface area contributed by atoms with E-state index >= 15 is 0 Å². The van der Waals surface area contributed by atoms with Gasteiger partial charge in [-0.25, -0.2) is 13.1 Å². The van der Waals surface area contributed by atoms with Gasteiger partial charge in [-0.1, -0.05) is 13.0 Å². The van der Waals surface area contributed by atoms with Crippen molar-refractivity contribution in [2.75, 3.05) is 30.9 Å². The first-order valence-electron chi connectivity index (χ1n) is 8.02. The van der Waals surface area contributed by atoms with Crippen molar-refractivity contribution in [3.8, 4) is 0 Å². The van der Waals surface area contributed by atoms with Gasteiger partial charge in [0.1, 0.15) is 0 Å². The number of sulfonamides is 1. The number of anilines is 2. The fraction of sp³-hybridized carbons (Fsp3) is 0.278. The molecule has 0 saturated heterocycles. The molecule has 2 N–H and O–H groups in total. The molecule has 0 atom stereocenters. The number of carbonyl (C=O) groups is 1. The zero-order chi connectivity index (χ0) is 18.4. The van der Waals surface area contributed by atoms with Gasteiger partial charge in [0.05, 0.1) is 4.90 Å². The normalized spacial score (nSPS) is 11.2. The lowest BCUT2D eigenvalue weighted by molar-refractivity contribution is 0.102. The zero-order valence-electron chi connectivity index (χ0n) is 14.6. The van der Waals surface area contributed by atoms with Gasteiger partial charge in [0.2, 0.25) is 10.0 Å². The van der Waals surface area contributed by atoms with Gasteiger partial charge in [0, 0.05) is 37.6 Å². The minimum Gasteiger partial charge on any atom is -0.378 e. The Bertz CT molecular complexity index is 831. The summed E-state index contributed by atoms with van der Waals surface area (Å²) >= 11 is 0. The lowest BCUT2D eigenvalue weighted by atomic mass is 10.2. The largest absolute Gasteiger partial charge is 0.378 e. The van der Waals surface area contributed by atoms with Crippen LogP contribution in [0.3, 0.4) is 0 Å². The van der Waals surface area contributed by atoms with Crippen molar-refractivity contribution in [1.82, 2.24) is 4.72 Å². The van der Waals surface area contributed by atoms with Crippen LogP contribution >= 0.6 is 0 Å². The molecule has 0 aliphatic carbocycles. The predicted octanol–water partition coefficient (Wildman–Crippen LogP) is 2.69. The highest BCUT2D eigenvalue weighted by Crippen LogP contribution is 2.17. The number of rotatable bonds is 7. The number of benzene rings is 2. The van der Waals surface area contributed by atoms with Crippen LogP contribution in [0.4, 0.5) is 11.4 Å². The first kappa shape index (κ1) is 19.0. The topological polar surface area (TPSA) is 78.5 Å². The van der Waals surface area contributed by atoms with Crippen LogP contribution in [-0.2, 0) is 10.0 Å². The summed E-state index contributed by atoms with van der Waals surface area (Å²) in [5, 5.41) is 2.77. The maximum absolute atomic E-state index is 12.4. The minimum atomic E-state index is -3.60. The maximum atomic E-state index is 12.4. The lowest BCUT2D eigenvalue weighted by Gasteiger charge is -2.13. The number of nitrogens with zero attached hydrogens (tertiary/aromatic N) is 1. The van der Waals surface area contributed by atoms with Crippen molar-refractivity contribution >= 4 is 27.3 Å². The summed E-state index contributed by atoms with van der Waals surface area (Å²) in [7, 11) is 0.271. The molecule has 0 unspecified atom stereocenters. The van der Waals surface area contributed by atoms with Crippen LogP contribution in [0.25, 0.3) is 0 Å². The Morgan fingerprint density at radius 3 is 2.36 bits per heavy atom. The van der Waals surface area contributed by atoms with Crippen molar-refractivity contribution in [3.63, 3.8) is 0 Å². The maximum Gasteiger partial charge on any atom is 0.255 e. The first-order valence-corrected chi connectivity index (χ1v) is 9.50. The number of carbonyl (C=O) groups excluding carboxylic acids is 1. The second kappa shape index (κ2) is 8.13. The molecule has 2 rings (SSSR count). The molecule has 0 heterocycles. The Kier molecular flexibility index (Phi) is 6.17. The van der Waals surface area contributed by atoms with E-state index in [0.29, 0.717) is 18.7 Å². The van der Waals surface area contributed by atoms with Gasteiger partial charge < -0.3 is 10.2 Å². The smallest absolute Gasteiger partial charge is 0.255 e. The first-order chi connectivity index (χ1) is 11.8. The summed E-state index contributed by atoms with van der Waals surface area (Å²) in [6.07, 6.45) is 0.697. The van der Waals surface area contributed by atoms with Gasteiger partial charge in [0.15, 0.2) is 0 Å². The summed E-state index contributed by atoms with van der Waals surface area (Å²) in [4.78, 5) is 14.4. The van der Waals surface area contributed by atoms with Crippen LogP contribution in [0.1, 0.15) is 23.7 Å². The summed E-state index contributed by atoms with van der Waals surface area (Å²) in [5.41, 5.74) is 1.96. The van der Waals surface area contributed by atoms with Crippen molar-refractivity contribution in [2.45, 2.75) is 18.2 Å². The molecule has 0 spiro atoms. The highest BCUT2D eigenvalue weighted by atomic mass is 32.2. The minimum absolute atomic E-state index is 0.0801. The van der Waals surface area contributed by atoms with Crippen LogP contribution in [-0.4, -0.2) is 35.0 Å². The Morgan fingerprint density at radius 2 is 1.76 bits per heavy atom. The molecular formula is C18H23N3O3S.